The highest BCUT2D eigenvalue weighted by molar-refractivity contribution is 7.21. The fraction of sp³-hybridized carbons (Fsp3) is 0.0732. The van der Waals surface area contributed by atoms with Crippen molar-refractivity contribution in [1.82, 2.24) is 14.5 Å². The normalized spacial score (nSPS) is 13.7. The second kappa shape index (κ2) is 8.87. The number of thiophene rings is 1. The Morgan fingerprint density at radius 1 is 0.600 bits per heavy atom. The van der Waals surface area contributed by atoms with Crippen molar-refractivity contribution >= 4 is 64.9 Å². The van der Waals surface area contributed by atoms with Crippen molar-refractivity contribution in [2.24, 2.45) is 0 Å². The number of fused-ring (bicyclic) bond motifs is 12. The van der Waals surface area contributed by atoms with E-state index in [0.29, 0.717) is 5.95 Å². The number of para-hydroxylation sites is 1. The number of hydrogen-bond donors (Lipinski definition) is 0. The highest BCUT2D eigenvalue weighted by Crippen LogP contribution is 2.56. The number of nitrogens with zero attached hydrogens (tertiary/aromatic N) is 3. The number of aromatic nitrogens is 3. The van der Waals surface area contributed by atoms with Crippen LogP contribution in [0.5, 0.6) is 0 Å². The average Bonchev–Trinajstić information content (AvgIpc) is 3.71. The van der Waals surface area contributed by atoms with Crippen LogP contribution in [0.4, 0.5) is 0 Å². The summed E-state index contributed by atoms with van der Waals surface area (Å²) in [5.41, 5.74) is 9.39. The summed E-state index contributed by atoms with van der Waals surface area (Å²) in [7, 11) is 0. The van der Waals surface area contributed by atoms with E-state index in [-0.39, 0.29) is 5.41 Å². The van der Waals surface area contributed by atoms with Crippen molar-refractivity contribution in [3.05, 3.63) is 138 Å². The van der Waals surface area contributed by atoms with Crippen LogP contribution < -0.4 is 0 Å². The SMILES string of the molecule is CC1(C)c2ccccc2-c2c1sc1c2ccc2c1c1ccccc1n2-c1nc(-c2ccccc2)c2ccc3ccccc3c2n1. The minimum atomic E-state index is -0.0343. The maximum absolute atomic E-state index is 5.37. The average molecular weight is 594 g/mol. The van der Waals surface area contributed by atoms with Crippen LogP contribution in [0, 0.1) is 0 Å². The third-order valence-corrected chi connectivity index (χ3v) is 11.3. The molecule has 1 aliphatic carbocycles. The van der Waals surface area contributed by atoms with E-state index in [4.69, 9.17) is 9.97 Å². The van der Waals surface area contributed by atoms with E-state index in [0.717, 1.165) is 38.6 Å². The number of hydrogen-bond acceptors (Lipinski definition) is 3. The molecule has 3 aromatic heterocycles. The van der Waals surface area contributed by atoms with Crippen LogP contribution in [0.15, 0.2) is 127 Å². The molecule has 0 fully saturated rings. The molecule has 0 radical (unpaired) electrons. The molecule has 0 spiro atoms. The molecule has 6 aromatic carbocycles. The van der Waals surface area contributed by atoms with Gasteiger partial charge < -0.3 is 0 Å². The van der Waals surface area contributed by atoms with Gasteiger partial charge in [-0.3, -0.25) is 4.57 Å². The monoisotopic (exact) mass is 593 g/mol. The van der Waals surface area contributed by atoms with Crippen LogP contribution in [-0.4, -0.2) is 14.5 Å². The van der Waals surface area contributed by atoms with Gasteiger partial charge in [0.1, 0.15) is 0 Å². The summed E-state index contributed by atoms with van der Waals surface area (Å²) in [4.78, 5) is 12.2. The molecule has 9 aromatic rings. The van der Waals surface area contributed by atoms with Crippen LogP contribution in [-0.2, 0) is 5.41 Å². The molecule has 10 rings (SSSR count). The van der Waals surface area contributed by atoms with E-state index < -0.39 is 0 Å². The van der Waals surface area contributed by atoms with Crippen molar-refractivity contribution in [2.45, 2.75) is 19.3 Å². The predicted octanol–water partition coefficient (Wildman–Crippen LogP) is 11.1. The van der Waals surface area contributed by atoms with Crippen molar-refractivity contribution < 1.29 is 0 Å². The summed E-state index contributed by atoms with van der Waals surface area (Å²) >= 11 is 1.95. The summed E-state index contributed by atoms with van der Waals surface area (Å²) < 4.78 is 3.62. The number of benzene rings is 6. The summed E-state index contributed by atoms with van der Waals surface area (Å²) in [5, 5.41) is 7.20. The van der Waals surface area contributed by atoms with Crippen LogP contribution >= 0.6 is 11.3 Å². The van der Waals surface area contributed by atoms with Gasteiger partial charge in [0.05, 0.1) is 22.2 Å². The van der Waals surface area contributed by atoms with Gasteiger partial charge in [-0.15, -0.1) is 11.3 Å². The molecule has 0 atom stereocenters. The van der Waals surface area contributed by atoms with Gasteiger partial charge in [-0.1, -0.05) is 123 Å². The van der Waals surface area contributed by atoms with E-state index in [1.54, 1.807) is 0 Å². The van der Waals surface area contributed by atoms with E-state index in [9.17, 15) is 0 Å². The quantitative estimate of drug-likeness (QED) is 0.187. The van der Waals surface area contributed by atoms with Gasteiger partial charge in [0.15, 0.2) is 0 Å². The Morgan fingerprint density at radius 3 is 2.22 bits per heavy atom. The van der Waals surface area contributed by atoms with Gasteiger partial charge in [0, 0.05) is 53.1 Å². The molecule has 45 heavy (non-hydrogen) atoms. The molecule has 0 saturated carbocycles. The minimum Gasteiger partial charge on any atom is -0.278 e. The molecule has 0 unspecified atom stereocenters. The molecule has 0 N–H and O–H groups in total. The maximum atomic E-state index is 5.37. The Morgan fingerprint density at radius 2 is 1.33 bits per heavy atom. The lowest BCUT2D eigenvalue weighted by Crippen LogP contribution is -2.13. The van der Waals surface area contributed by atoms with Crippen molar-refractivity contribution in [3.63, 3.8) is 0 Å². The minimum absolute atomic E-state index is 0.0343. The molecule has 0 bridgehead atoms. The fourth-order valence-corrected chi connectivity index (χ4v) is 9.15. The lowest BCUT2D eigenvalue weighted by atomic mass is 9.87. The fourth-order valence-electron chi connectivity index (χ4n) is 7.67. The molecule has 0 saturated heterocycles. The van der Waals surface area contributed by atoms with Gasteiger partial charge in [-0.2, -0.15) is 0 Å². The van der Waals surface area contributed by atoms with Crippen LogP contribution in [0.2, 0.25) is 0 Å². The Balaban J connectivity index is 1.34. The van der Waals surface area contributed by atoms with Gasteiger partial charge in [-0.25, -0.2) is 9.97 Å². The maximum Gasteiger partial charge on any atom is 0.235 e. The Kier molecular flexibility index (Phi) is 4.94. The van der Waals surface area contributed by atoms with E-state index in [2.05, 4.69) is 146 Å². The largest absolute Gasteiger partial charge is 0.278 e. The van der Waals surface area contributed by atoms with Crippen LogP contribution in [0.3, 0.4) is 0 Å². The topological polar surface area (TPSA) is 30.7 Å². The van der Waals surface area contributed by atoms with Gasteiger partial charge in [0.25, 0.3) is 0 Å². The zero-order valence-electron chi connectivity index (χ0n) is 24.9. The lowest BCUT2D eigenvalue weighted by molar-refractivity contribution is 0.674. The molecule has 3 heterocycles. The van der Waals surface area contributed by atoms with E-state index >= 15 is 0 Å². The first kappa shape index (κ1) is 25.1. The van der Waals surface area contributed by atoms with E-state index in [1.807, 2.05) is 11.3 Å². The molecular weight excluding hydrogens is 567 g/mol. The van der Waals surface area contributed by atoms with Crippen molar-refractivity contribution in [1.29, 1.82) is 0 Å². The molecule has 1 aliphatic rings. The highest BCUT2D eigenvalue weighted by Gasteiger charge is 2.38. The standard InChI is InChI=1S/C41H27N3S/c1-41(2)31-18-10-8-16-27(31)34-29-22-23-33-35(38(29)45-39(34)41)28-17-9-11-19-32(28)44(33)40-42-36(25-13-4-3-5-14-25)30-21-20-24-12-6-7-15-26(24)37(30)43-40/h3-23H,1-2H3. The van der Waals surface area contributed by atoms with Gasteiger partial charge in [-0.05, 0) is 34.7 Å². The first-order chi connectivity index (χ1) is 22.1. The Bertz CT molecular complexity index is 2680. The summed E-state index contributed by atoms with van der Waals surface area (Å²) in [6.45, 7) is 4.73. The highest BCUT2D eigenvalue weighted by atomic mass is 32.1. The Labute approximate surface area is 264 Å². The molecule has 0 amide bonds. The predicted molar refractivity (Wildman–Crippen MR) is 190 cm³/mol. The molecule has 3 nitrogen and oxygen atoms in total. The zero-order valence-corrected chi connectivity index (χ0v) is 25.7. The molecule has 0 aliphatic heterocycles. The third kappa shape index (κ3) is 3.29. The zero-order chi connectivity index (χ0) is 29.9. The van der Waals surface area contributed by atoms with Crippen molar-refractivity contribution in [2.75, 3.05) is 0 Å². The van der Waals surface area contributed by atoms with Gasteiger partial charge >= 0.3 is 0 Å². The summed E-state index contributed by atoms with van der Waals surface area (Å²) in [5.74, 6) is 0.693. The lowest BCUT2D eigenvalue weighted by Gasteiger charge is -2.19. The number of rotatable bonds is 2. The first-order valence-corrected chi connectivity index (χ1v) is 16.3. The molecule has 212 valence electrons. The summed E-state index contributed by atoms with van der Waals surface area (Å²) in [6, 6.07) is 45.6. The smallest absolute Gasteiger partial charge is 0.235 e. The van der Waals surface area contributed by atoms with E-state index in [1.165, 1.54) is 47.8 Å². The second-order valence-corrected chi connectivity index (χ2v) is 13.6. The molecular formula is C41H27N3S. The molecule has 4 heteroatoms. The third-order valence-electron chi connectivity index (χ3n) is 9.76. The van der Waals surface area contributed by atoms with Crippen LogP contribution in [0.1, 0.15) is 24.3 Å². The first-order valence-electron chi connectivity index (χ1n) is 15.4. The van der Waals surface area contributed by atoms with Crippen molar-refractivity contribution in [3.8, 4) is 28.3 Å². The summed E-state index contributed by atoms with van der Waals surface area (Å²) in [6.07, 6.45) is 0. The van der Waals surface area contributed by atoms with Gasteiger partial charge in [0.2, 0.25) is 5.95 Å². The Hall–Kier alpha value is -5.32. The van der Waals surface area contributed by atoms with Crippen LogP contribution in [0.25, 0.3) is 81.9 Å². The second-order valence-electron chi connectivity index (χ2n) is 12.6.